The molecular formula is C25H23N3O. The maximum atomic E-state index is 5.68. The Morgan fingerprint density at radius 2 is 1.79 bits per heavy atom. The molecule has 0 radical (unpaired) electrons. The Balaban J connectivity index is 1.61. The van der Waals surface area contributed by atoms with Crippen molar-refractivity contribution in [2.45, 2.75) is 37.5 Å². The van der Waals surface area contributed by atoms with Gasteiger partial charge in [0.15, 0.2) is 0 Å². The third-order valence-corrected chi connectivity index (χ3v) is 7.14. The lowest BCUT2D eigenvalue weighted by atomic mass is 9.53. The second kappa shape index (κ2) is 6.18. The third kappa shape index (κ3) is 2.26. The van der Waals surface area contributed by atoms with Gasteiger partial charge in [-0.05, 0) is 36.3 Å². The van der Waals surface area contributed by atoms with Crippen LogP contribution in [-0.4, -0.2) is 15.4 Å². The maximum Gasteiger partial charge on any atom is 0.143 e. The molecule has 0 amide bonds. The first-order chi connectivity index (χ1) is 14.3. The highest BCUT2D eigenvalue weighted by molar-refractivity contribution is 5.66. The van der Waals surface area contributed by atoms with Crippen LogP contribution < -0.4 is 0 Å². The summed E-state index contributed by atoms with van der Waals surface area (Å²) >= 11 is 0. The fourth-order valence-corrected chi connectivity index (χ4v) is 5.88. The van der Waals surface area contributed by atoms with E-state index in [1.54, 1.807) is 0 Å². The van der Waals surface area contributed by atoms with E-state index < -0.39 is 0 Å². The van der Waals surface area contributed by atoms with Crippen LogP contribution in [0.2, 0.25) is 0 Å². The highest BCUT2D eigenvalue weighted by atomic mass is 16.5. The lowest BCUT2D eigenvalue weighted by molar-refractivity contribution is 0.190. The number of nitrogens with zero attached hydrogens (tertiary/aromatic N) is 2. The summed E-state index contributed by atoms with van der Waals surface area (Å²) in [5, 5.41) is 12.5. The number of aromatic amines is 1. The predicted molar refractivity (Wildman–Crippen MR) is 112 cm³/mol. The molecule has 4 aromatic rings. The van der Waals surface area contributed by atoms with Crippen LogP contribution in [0.25, 0.3) is 11.3 Å². The van der Waals surface area contributed by atoms with Gasteiger partial charge in [0.1, 0.15) is 5.76 Å². The molecule has 4 heteroatoms. The molecule has 0 fully saturated rings. The van der Waals surface area contributed by atoms with Crippen LogP contribution in [0.3, 0.4) is 0 Å². The topological polar surface area (TPSA) is 54.7 Å². The van der Waals surface area contributed by atoms with E-state index >= 15 is 0 Å². The molecule has 2 aliphatic rings. The van der Waals surface area contributed by atoms with Crippen LogP contribution in [0.1, 0.15) is 47.4 Å². The zero-order valence-corrected chi connectivity index (χ0v) is 16.4. The van der Waals surface area contributed by atoms with Gasteiger partial charge in [-0.15, -0.1) is 0 Å². The van der Waals surface area contributed by atoms with Crippen molar-refractivity contribution >= 4 is 0 Å². The summed E-state index contributed by atoms with van der Waals surface area (Å²) < 4.78 is 5.68. The molecule has 0 spiro atoms. The van der Waals surface area contributed by atoms with E-state index in [9.17, 15) is 0 Å². The molecule has 2 aromatic heterocycles. The Hall–Kier alpha value is -3.14. The van der Waals surface area contributed by atoms with Gasteiger partial charge in [-0.3, -0.25) is 5.10 Å². The average molecular weight is 381 g/mol. The lowest BCUT2D eigenvalue weighted by Crippen LogP contribution is -2.47. The highest BCUT2D eigenvalue weighted by Crippen LogP contribution is 2.57. The first kappa shape index (κ1) is 16.8. The highest BCUT2D eigenvalue weighted by Gasteiger charge is 2.54. The van der Waals surface area contributed by atoms with Crippen LogP contribution in [-0.2, 0) is 18.3 Å². The van der Waals surface area contributed by atoms with Crippen molar-refractivity contribution in [3.05, 3.63) is 95.0 Å². The molecule has 2 aromatic carbocycles. The van der Waals surface area contributed by atoms with Crippen molar-refractivity contribution in [1.82, 2.24) is 15.4 Å². The molecule has 4 nitrogen and oxygen atoms in total. The quantitative estimate of drug-likeness (QED) is 0.514. The number of benzene rings is 2. The van der Waals surface area contributed by atoms with Crippen molar-refractivity contribution in [3.63, 3.8) is 0 Å². The van der Waals surface area contributed by atoms with Crippen LogP contribution in [0, 0.1) is 5.92 Å². The maximum absolute atomic E-state index is 5.68. The van der Waals surface area contributed by atoms with E-state index in [2.05, 4.69) is 77.8 Å². The Morgan fingerprint density at radius 1 is 1.03 bits per heavy atom. The van der Waals surface area contributed by atoms with Gasteiger partial charge in [0.05, 0.1) is 17.6 Å². The zero-order valence-electron chi connectivity index (χ0n) is 16.4. The molecule has 3 atom stereocenters. The first-order valence-electron chi connectivity index (χ1n) is 10.4. The number of fused-ring (bicyclic) bond motifs is 4. The van der Waals surface area contributed by atoms with Crippen LogP contribution in [0.5, 0.6) is 0 Å². The van der Waals surface area contributed by atoms with E-state index in [0.29, 0.717) is 11.8 Å². The van der Waals surface area contributed by atoms with Crippen LogP contribution in [0.4, 0.5) is 0 Å². The molecule has 144 valence electrons. The van der Waals surface area contributed by atoms with E-state index in [0.717, 1.165) is 30.7 Å². The molecule has 2 heterocycles. The van der Waals surface area contributed by atoms with Gasteiger partial charge in [-0.25, -0.2) is 0 Å². The number of hydrogen-bond donors (Lipinski definition) is 1. The van der Waals surface area contributed by atoms with Crippen molar-refractivity contribution in [2.75, 3.05) is 0 Å². The largest absolute Gasteiger partial charge is 0.361 e. The van der Waals surface area contributed by atoms with E-state index in [4.69, 9.17) is 9.62 Å². The van der Waals surface area contributed by atoms with Crippen molar-refractivity contribution in [1.29, 1.82) is 0 Å². The number of hydrogen-bond acceptors (Lipinski definition) is 3. The summed E-state index contributed by atoms with van der Waals surface area (Å²) in [6.07, 6.45) is 4.94. The lowest BCUT2D eigenvalue weighted by Gasteiger charge is -2.48. The van der Waals surface area contributed by atoms with Gasteiger partial charge >= 0.3 is 0 Å². The van der Waals surface area contributed by atoms with Gasteiger partial charge in [0.2, 0.25) is 0 Å². The second-order valence-electron chi connectivity index (χ2n) is 8.46. The number of aromatic nitrogens is 3. The SMILES string of the molecule is CC1c2oncc2CC2(c3ccccc3)c3n[nH]c(-c4ccccc4)c3CCC12. The van der Waals surface area contributed by atoms with Crippen molar-refractivity contribution in [3.8, 4) is 11.3 Å². The third-order valence-electron chi connectivity index (χ3n) is 7.14. The Bertz CT molecular complexity index is 1160. The minimum Gasteiger partial charge on any atom is -0.361 e. The number of H-pyrrole nitrogens is 1. The molecule has 0 saturated carbocycles. The molecule has 0 saturated heterocycles. The molecule has 6 rings (SSSR count). The molecule has 1 N–H and O–H groups in total. The van der Waals surface area contributed by atoms with Gasteiger partial charge in [-0.2, -0.15) is 5.10 Å². The van der Waals surface area contributed by atoms with Crippen LogP contribution in [0.15, 0.2) is 71.4 Å². The van der Waals surface area contributed by atoms with Crippen molar-refractivity contribution in [2.24, 2.45) is 5.92 Å². The summed E-state index contributed by atoms with van der Waals surface area (Å²) in [5.41, 5.74) is 7.35. The Kier molecular flexibility index (Phi) is 3.58. The van der Waals surface area contributed by atoms with Crippen LogP contribution >= 0.6 is 0 Å². The second-order valence-corrected chi connectivity index (χ2v) is 8.46. The summed E-state index contributed by atoms with van der Waals surface area (Å²) in [4.78, 5) is 0. The molecule has 0 bridgehead atoms. The Morgan fingerprint density at radius 3 is 2.59 bits per heavy atom. The smallest absolute Gasteiger partial charge is 0.143 e. The summed E-state index contributed by atoms with van der Waals surface area (Å²) in [5.74, 6) is 1.81. The number of nitrogens with one attached hydrogen (secondary N) is 1. The average Bonchev–Trinajstić information content (AvgIpc) is 3.42. The fraction of sp³-hybridized carbons (Fsp3) is 0.280. The standard InChI is InChI=1S/C25H23N3O/c1-16-21-13-12-20-22(17-8-4-2-5-9-17)27-28-24(20)25(21,19-10-6-3-7-11-19)14-18-15-26-29-23(16)18/h2-11,15-16,21H,12-14H2,1H3,(H,27,28). The van der Waals surface area contributed by atoms with Crippen molar-refractivity contribution < 1.29 is 4.52 Å². The predicted octanol–water partition coefficient (Wildman–Crippen LogP) is 5.27. The molecule has 0 aliphatic heterocycles. The molecule has 29 heavy (non-hydrogen) atoms. The summed E-state index contributed by atoms with van der Waals surface area (Å²) in [6.45, 7) is 2.29. The number of rotatable bonds is 2. The minimum absolute atomic E-state index is 0.156. The summed E-state index contributed by atoms with van der Waals surface area (Å²) in [6, 6.07) is 21.5. The molecular weight excluding hydrogens is 358 g/mol. The fourth-order valence-electron chi connectivity index (χ4n) is 5.88. The minimum atomic E-state index is -0.156. The first-order valence-corrected chi connectivity index (χ1v) is 10.4. The van der Waals surface area contributed by atoms with Gasteiger partial charge < -0.3 is 4.52 Å². The van der Waals surface area contributed by atoms with Gasteiger partial charge in [0, 0.05) is 22.5 Å². The summed E-state index contributed by atoms with van der Waals surface area (Å²) in [7, 11) is 0. The van der Waals surface area contributed by atoms with E-state index in [1.807, 2.05) is 6.20 Å². The Labute approximate surface area is 170 Å². The monoisotopic (exact) mass is 381 g/mol. The van der Waals surface area contributed by atoms with Gasteiger partial charge in [0.25, 0.3) is 0 Å². The van der Waals surface area contributed by atoms with Gasteiger partial charge in [-0.1, -0.05) is 72.7 Å². The molecule has 2 aliphatic carbocycles. The normalized spacial score (nSPS) is 25.1. The zero-order chi connectivity index (χ0) is 19.4. The molecule has 3 unspecified atom stereocenters. The van der Waals surface area contributed by atoms with E-state index in [1.165, 1.54) is 27.9 Å². The van der Waals surface area contributed by atoms with E-state index in [-0.39, 0.29) is 5.41 Å².